The highest BCUT2D eigenvalue weighted by Gasteiger charge is 2.22. The molecule has 0 fully saturated rings. The minimum absolute atomic E-state index is 0.131. The maximum atomic E-state index is 12.5. The fraction of sp³-hybridized carbons (Fsp3) is 0.231. The standard InChI is InChI=1S/C13H15ClN2O3S2/c1-16(8-9-3-6-13(14)20-9)21(17,18)10-4-5-12(19-2)11(15)7-10/h3-7H,8,15H2,1-2H3. The van der Waals surface area contributed by atoms with Crippen molar-refractivity contribution in [1.82, 2.24) is 4.31 Å². The molecule has 0 atom stereocenters. The van der Waals surface area contributed by atoms with Crippen LogP contribution in [0.1, 0.15) is 4.88 Å². The topological polar surface area (TPSA) is 72.6 Å². The van der Waals surface area contributed by atoms with Gasteiger partial charge in [-0.25, -0.2) is 8.42 Å². The number of nitrogen functional groups attached to an aromatic ring is 1. The first-order valence-electron chi connectivity index (χ1n) is 5.98. The number of hydrogen-bond acceptors (Lipinski definition) is 5. The smallest absolute Gasteiger partial charge is 0.243 e. The maximum Gasteiger partial charge on any atom is 0.243 e. The number of halogens is 1. The Kier molecular flexibility index (Phi) is 4.77. The first-order chi connectivity index (χ1) is 9.84. The third-order valence-electron chi connectivity index (χ3n) is 2.92. The van der Waals surface area contributed by atoms with E-state index in [0.29, 0.717) is 10.1 Å². The van der Waals surface area contributed by atoms with Crippen LogP contribution in [-0.2, 0) is 16.6 Å². The van der Waals surface area contributed by atoms with E-state index in [0.717, 1.165) is 4.88 Å². The lowest BCUT2D eigenvalue weighted by Crippen LogP contribution is -2.26. The largest absolute Gasteiger partial charge is 0.495 e. The quantitative estimate of drug-likeness (QED) is 0.845. The first-order valence-corrected chi connectivity index (χ1v) is 8.62. The van der Waals surface area contributed by atoms with Crippen LogP contribution in [0.15, 0.2) is 35.2 Å². The second-order valence-corrected chi connectivity index (χ2v) is 8.22. The molecule has 0 aliphatic heterocycles. The summed E-state index contributed by atoms with van der Waals surface area (Å²) in [5, 5.41) is 0. The molecule has 1 aromatic carbocycles. The van der Waals surface area contributed by atoms with Gasteiger partial charge in [-0.3, -0.25) is 0 Å². The van der Waals surface area contributed by atoms with Gasteiger partial charge in [0.05, 0.1) is 22.0 Å². The number of hydrogen-bond donors (Lipinski definition) is 1. The van der Waals surface area contributed by atoms with Crippen LogP contribution in [0.5, 0.6) is 5.75 Å². The third kappa shape index (κ3) is 3.49. The molecular weight excluding hydrogens is 332 g/mol. The average molecular weight is 347 g/mol. The summed E-state index contributed by atoms with van der Waals surface area (Å²) in [6, 6.07) is 7.96. The van der Waals surface area contributed by atoms with E-state index in [1.807, 2.05) is 0 Å². The van der Waals surface area contributed by atoms with Crippen LogP contribution >= 0.6 is 22.9 Å². The SMILES string of the molecule is COc1ccc(S(=O)(=O)N(C)Cc2ccc(Cl)s2)cc1N. The zero-order valence-corrected chi connectivity index (χ0v) is 13.9. The lowest BCUT2D eigenvalue weighted by atomic mass is 10.3. The van der Waals surface area contributed by atoms with E-state index in [-0.39, 0.29) is 17.1 Å². The molecule has 0 saturated heterocycles. The van der Waals surface area contributed by atoms with Gasteiger partial charge >= 0.3 is 0 Å². The molecule has 0 amide bonds. The molecule has 0 saturated carbocycles. The van der Waals surface area contributed by atoms with E-state index >= 15 is 0 Å². The van der Waals surface area contributed by atoms with Crippen LogP contribution in [0.3, 0.4) is 0 Å². The number of nitrogens with two attached hydrogens (primary N) is 1. The summed E-state index contributed by atoms with van der Waals surface area (Å²) in [5.41, 5.74) is 6.04. The van der Waals surface area contributed by atoms with E-state index in [1.54, 1.807) is 12.1 Å². The molecule has 8 heteroatoms. The summed E-state index contributed by atoms with van der Waals surface area (Å²) in [6.45, 7) is 0.256. The van der Waals surface area contributed by atoms with Crippen molar-refractivity contribution < 1.29 is 13.2 Å². The van der Waals surface area contributed by atoms with E-state index in [1.165, 1.54) is 48.0 Å². The lowest BCUT2D eigenvalue weighted by molar-refractivity contribution is 0.416. The molecule has 1 aromatic heterocycles. The molecule has 5 nitrogen and oxygen atoms in total. The van der Waals surface area contributed by atoms with Crippen LogP contribution in [0.25, 0.3) is 0 Å². The fourth-order valence-corrected chi connectivity index (χ4v) is 4.20. The average Bonchev–Trinajstić information content (AvgIpc) is 2.83. The number of nitrogens with zero attached hydrogens (tertiary/aromatic N) is 1. The molecule has 2 aromatic rings. The molecule has 0 aliphatic rings. The van der Waals surface area contributed by atoms with E-state index in [2.05, 4.69) is 0 Å². The maximum absolute atomic E-state index is 12.5. The molecule has 2 N–H and O–H groups in total. The summed E-state index contributed by atoms with van der Waals surface area (Å²) in [5.74, 6) is 0.446. The van der Waals surface area contributed by atoms with Crippen molar-refractivity contribution in [1.29, 1.82) is 0 Å². The summed E-state index contributed by atoms with van der Waals surface area (Å²) >= 11 is 7.20. The van der Waals surface area contributed by atoms with Crippen molar-refractivity contribution in [3.63, 3.8) is 0 Å². The van der Waals surface area contributed by atoms with Gasteiger partial charge in [-0.15, -0.1) is 11.3 Å². The van der Waals surface area contributed by atoms with Gasteiger partial charge in [-0.1, -0.05) is 11.6 Å². The number of benzene rings is 1. The van der Waals surface area contributed by atoms with Crippen molar-refractivity contribution in [2.75, 3.05) is 19.9 Å². The normalized spacial score (nSPS) is 11.8. The van der Waals surface area contributed by atoms with E-state index in [4.69, 9.17) is 22.1 Å². The molecule has 2 rings (SSSR count). The monoisotopic (exact) mass is 346 g/mol. The number of ether oxygens (including phenoxy) is 1. The lowest BCUT2D eigenvalue weighted by Gasteiger charge is -2.17. The van der Waals surface area contributed by atoms with Gasteiger partial charge in [-0.2, -0.15) is 4.31 Å². The summed E-state index contributed by atoms with van der Waals surface area (Å²) in [4.78, 5) is 0.999. The number of thiophene rings is 1. The highest BCUT2D eigenvalue weighted by molar-refractivity contribution is 7.89. The molecule has 114 valence electrons. The minimum atomic E-state index is -3.61. The molecule has 0 bridgehead atoms. The van der Waals surface area contributed by atoms with Gasteiger partial charge in [0.2, 0.25) is 10.0 Å². The van der Waals surface area contributed by atoms with Crippen molar-refractivity contribution in [3.05, 3.63) is 39.5 Å². The molecule has 0 radical (unpaired) electrons. The Morgan fingerprint density at radius 3 is 2.57 bits per heavy atom. The van der Waals surface area contributed by atoms with Gasteiger partial charge in [0.15, 0.2) is 0 Å². The Bertz CT molecular complexity index is 744. The Balaban J connectivity index is 2.26. The predicted octanol–water partition coefficient (Wildman–Crippen LogP) is 2.81. The zero-order valence-electron chi connectivity index (χ0n) is 11.5. The van der Waals surface area contributed by atoms with Crippen molar-refractivity contribution in [2.24, 2.45) is 0 Å². The Labute approximate surface area is 133 Å². The molecular formula is C13H15ClN2O3S2. The number of methoxy groups -OCH3 is 1. The van der Waals surface area contributed by atoms with Crippen LogP contribution in [0.4, 0.5) is 5.69 Å². The summed E-state index contributed by atoms with van der Waals surface area (Å²) < 4.78 is 31.9. The van der Waals surface area contributed by atoms with Gasteiger partial charge in [0.25, 0.3) is 0 Å². The van der Waals surface area contributed by atoms with E-state index in [9.17, 15) is 8.42 Å². The van der Waals surface area contributed by atoms with Crippen molar-refractivity contribution in [3.8, 4) is 5.75 Å². The van der Waals surface area contributed by atoms with Crippen LogP contribution in [0, 0.1) is 0 Å². The van der Waals surface area contributed by atoms with Crippen LogP contribution < -0.4 is 10.5 Å². The Hall–Kier alpha value is -1.28. The van der Waals surface area contributed by atoms with E-state index < -0.39 is 10.0 Å². The first kappa shape index (κ1) is 16.1. The molecule has 21 heavy (non-hydrogen) atoms. The Morgan fingerprint density at radius 2 is 2.05 bits per heavy atom. The summed E-state index contributed by atoms with van der Waals surface area (Å²) in [7, 11) is -0.618. The van der Waals surface area contributed by atoms with Crippen LogP contribution in [-0.4, -0.2) is 26.9 Å². The number of anilines is 1. The minimum Gasteiger partial charge on any atom is -0.495 e. The Morgan fingerprint density at radius 1 is 1.33 bits per heavy atom. The second-order valence-electron chi connectivity index (χ2n) is 4.37. The molecule has 0 spiro atoms. The highest BCUT2D eigenvalue weighted by Crippen LogP contribution is 2.28. The van der Waals surface area contributed by atoms with Gasteiger partial charge in [0.1, 0.15) is 5.75 Å². The summed E-state index contributed by atoms with van der Waals surface area (Å²) in [6.07, 6.45) is 0. The van der Waals surface area contributed by atoms with Gasteiger partial charge in [0, 0.05) is 18.5 Å². The number of sulfonamides is 1. The fourth-order valence-electron chi connectivity index (χ4n) is 1.79. The molecule has 0 aliphatic carbocycles. The number of rotatable bonds is 5. The highest BCUT2D eigenvalue weighted by atomic mass is 35.5. The molecule has 1 heterocycles. The van der Waals surface area contributed by atoms with Gasteiger partial charge < -0.3 is 10.5 Å². The van der Waals surface area contributed by atoms with Crippen molar-refractivity contribution in [2.45, 2.75) is 11.4 Å². The third-order valence-corrected chi connectivity index (χ3v) is 5.93. The van der Waals surface area contributed by atoms with Crippen LogP contribution in [0.2, 0.25) is 4.34 Å². The molecule has 0 unspecified atom stereocenters. The van der Waals surface area contributed by atoms with Gasteiger partial charge in [-0.05, 0) is 30.3 Å². The predicted molar refractivity (Wildman–Crippen MR) is 85.4 cm³/mol. The zero-order chi connectivity index (χ0) is 15.6. The van der Waals surface area contributed by atoms with Crippen molar-refractivity contribution >= 4 is 38.6 Å². The second kappa shape index (κ2) is 6.23.